The van der Waals surface area contributed by atoms with Crippen molar-refractivity contribution >= 4 is 5.91 Å². The van der Waals surface area contributed by atoms with Gasteiger partial charge in [-0.25, -0.2) is 0 Å². The van der Waals surface area contributed by atoms with Crippen LogP contribution in [0.5, 0.6) is 0 Å². The van der Waals surface area contributed by atoms with Gasteiger partial charge < -0.3 is 5.73 Å². The van der Waals surface area contributed by atoms with Gasteiger partial charge in [-0.15, -0.1) is 0 Å². The summed E-state index contributed by atoms with van der Waals surface area (Å²) in [4.78, 5) is 20.7. The van der Waals surface area contributed by atoms with Gasteiger partial charge in [0.05, 0.1) is 0 Å². The molecular weight excluding hydrogens is 160 g/mol. The topological polar surface area (TPSA) is 86.2 Å². The van der Waals surface area contributed by atoms with Crippen molar-refractivity contribution in [3.8, 4) is 0 Å². The molecule has 0 radical (unpaired) electrons. The van der Waals surface area contributed by atoms with Gasteiger partial charge in [-0.2, -0.15) is 0 Å². The van der Waals surface area contributed by atoms with Gasteiger partial charge in [-0.3, -0.25) is 14.9 Å². The van der Waals surface area contributed by atoms with Crippen molar-refractivity contribution in [1.29, 1.82) is 0 Å². The number of hydrogen-bond donors (Lipinski definition) is 1. The number of nitro groups is 1. The number of nitrogens with zero attached hydrogens (tertiary/aromatic N) is 1. The third-order valence-corrected chi connectivity index (χ3v) is 1.96. The number of nitrogens with two attached hydrogens (primary N) is 1. The van der Waals surface area contributed by atoms with Gasteiger partial charge >= 0.3 is 0 Å². The van der Waals surface area contributed by atoms with E-state index in [0.717, 1.165) is 0 Å². The number of allylic oxidation sites excluding steroid dienone is 1. The van der Waals surface area contributed by atoms with Crippen LogP contribution in [0, 0.1) is 10.1 Å². The van der Waals surface area contributed by atoms with Crippen molar-refractivity contribution in [2.75, 3.05) is 0 Å². The predicted octanol–water partition coefficient (Wildman–Crippen LogP) is 0.227. The minimum absolute atomic E-state index is 0.183. The van der Waals surface area contributed by atoms with Gasteiger partial charge in [0, 0.05) is 23.3 Å². The van der Waals surface area contributed by atoms with Crippen LogP contribution in [0.2, 0.25) is 0 Å². The van der Waals surface area contributed by atoms with Crippen LogP contribution < -0.4 is 5.73 Å². The fraction of sp³-hybridized carbons (Fsp3) is 0.571. The SMILES string of the molecule is NC(=O)C1=CCCC([N+](=O)[O-])C1. The zero-order valence-electron chi connectivity index (χ0n) is 6.53. The first-order valence-electron chi connectivity index (χ1n) is 3.73. The third-order valence-electron chi connectivity index (χ3n) is 1.96. The molecule has 12 heavy (non-hydrogen) atoms. The highest BCUT2D eigenvalue weighted by atomic mass is 16.6. The van der Waals surface area contributed by atoms with E-state index >= 15 is 0 Å². The molecule has 1 aliphatic carbocycles. The molecule has 0 aliphatic heterocycles. The summed E-state index contributed by atoms with van der Waals surface area (Å²) in [7, 11) is 0. The van der Waals surface area contributed by atoms with Crippen LogP contribution >= 0.6 is 0 Å². The van der Waals surface area contributed by atoms with Crippen molar-refractivity contribution < 1.29 is 9.72 Å². The molecular formula is C7H10N2O3. The van der Waals surface area contributed by atoms with Gasteiger partial charge in [0.15, 0.2) is 0 Å². The Morgan fingerprint density at radius 1 is 1.75 bits per heavy atom. The number of carbonyl (C=O) groups is 1. The van der Waals surface area contributed by atoms with E-state index < -0.39 is 11.9 Å². The van der Waals surface area contributed by atoms with Crippen molar-refractivity contribution in [1.82, 2.24) is 0 Å². The lowest BCUT2D eigenvalue weighted by Crippen LogP contribution is -2.27. The highest BCUT2D eigenvalue weighted by Gasteiger charge is 2.26. The number of hydrogen-bond acceptors (Lipinski definition) is 3. The van der Waals surface area contributed by atoms with Crippen LogP contribution in [0.3, 0.4) is 0 Å². The van der Waals surface area contributed by atoms with Gasteiger partial charge in [-0.1, -0.05) is 6.08 Å². The first-order valence-corrected chi connectivity index (χ1v) is 3.73. The van der Waals surface area contributed by atoms with E-state index in [2.05, 4.69) is 0 Å². The summed E-state index contributed by atoms with van der Waals surface area (Å²) in [5.74, 6) is -0.540. The van der Waals surface area contributed by atoms with E-state index in [4.69, 9.17) is 5.73 Å². The lowest BCUT2D eigenvalue weighted by molar-refractivity contribution is -0.523. The Labute approximate surface area is 69.4 Å². The summed E-state index contributed by atoms with van der Waals surface area (Å²) < 4.78 is 0. The first-order chi connectivity index (χ1) is 5.61. The molecule has 0 bridgehead atoms. The second-order valence-corrected chi connectivity index (χ2v) is 2.81. The van der Waals surface area contributed by atoms with Gasteiger partial charge in [-0.05, 0) is 6.42 Å². The highest BCUT2D eigenvalue weighted by Crippen LogP contribution is 2.19. The van der Waals surface area contributed by atoms with E-state index in [9.17, 15) is 14.9 Å². The van der Waals surface area contributed by atoms with E-state index in [0.29, 0.717) is 18.4 Å². The highest BCUT2D eigenvalue weighted by molar-refractivity contribution is 5.92. The fourth-order valence-corrected chi connectivity index (χ4v) is 1.27. The predicted molar refractivity (Wildman–Crippen MR) is 41.9 cm³/mol. The largest absolute Gasteiger partial charge is 0.366 e. The molecule has 1 rings (SSSR count). The molecule has 0 saturated heterocycles. The van der Waals surface area contributed by atoms with Crippen molar-refractivity contribution in [3.63, 3.8) is 0 Å². The summed E-state index contributed by atoms with van der Waals surface area (Å²) in [6.07, 6.45) is 2.94. The normalized spacial score (nSPS) is 23.0. The third kappa shape index (κ3) is 1.81. The molecule has 66 valence electrons. The number of primary amides is 1. The first kappa shape index (κ1) is 8.70. The average molecular weight is 170 g/mol. The molecule has 0 aromatic carbocycles. The summed E-state index contributed by atoms with van der Waals surface area (Å²) in [6, 6.07) is -0.627. The molecule has 0 fully saturated rings. The molecule has 5 heteroatoms. The molecule has 1 unspecified atom stereocenters. The van der Waals surface area contributed by atoms with Crippen molar-refractivity contribution in [3.05, 3.63) is 21.8 Å². The van der Waals surface area contributed by atoms with Crippen LogP contribution in [0.25, 0.3) is 0 Å². The quantitative estimate of drug-likeness (QED) is 0.475. The van der Waals surface area contributed by atoms with Gasteiger partial charge in [0.2, 0.25) is 11.9 Å². The number of rotatable bonds is 2. The molecule has 1 aliphatic rings. The molecule has 0 heterocycles. The molecule has 5 nitrogen and oxygen atoms in total. The van der Waals surface area contributed by atoms with Crippen LogP contribution in [0.1, 0.15) is 19.3 Å². The Kier molecular flexibility index (Phi) is 2.42. The Hall–Kier alpha value is -1.39. The van der Waals surface area contributed by atoms with Crippen molar-refractivity contribution in [2.45, 2.75) is 25.3 Å². The summed E-state index contributed by atoms with van der Waals surface area (Å²) in [5, 5.41) is 10.3. The average Bonchev–Trinajstić information content (AvgIpc) is 2.04. The summed E-state index contributed by atoms with van der Waals surface area (Å²) in [6.45, 7) is 0. The Balaban J connectivity index is 2.65. The maximum atomic E-state index is 10.7. The molecule has 0 saturated carbocycles. The lowest BCUT2D eigenvalue weighted by atomic mass is 9.95. The number of amides is 1. The van der Waals surface area contributed by atoms with Gasteiger partial charge in [0.25, 0.3) is 0 Å². The lowest BCUT2D eigenvalue weighted by Gasteiger charge is -2.13. The van der Waals surface area contributed by atoms with Crippen molar-refractivity contribution in [2.24, 2.45) is 5.73 Å². The van der Waals surface area contributed by atoms with Gasteiger partial charge in [0.1, 0.15) is 0 Å². The Bertz CT molecular complexity index is 247. The molecule has 0 aromatic rings. The van der Waals surface area contributed by atoms with Crippen LogP contribution in [-0.2, 0) is 4.79 Å². The Morgan fingerprint density at radius 2 is 2.42 bits per heavy atom. The molecule has 0 aromatic heterocycles. The zero-order chi connectivity index (χ0) is 9.14. The molecule has 2 N–H and O–H groups in total. The van der Waals surface area contributed by atoms with Crippen LogP contribution in [-0.4, -0.2) is 16.9 Å². The molecule has 1 atom stereocenters. The monoisotopic (exact) mass is 170 g/mol. The smallest absolute Gasteiger partial charge is 0.244 e. The summed E-state index contributed by atoms with van der Waals surface area (Å²) in [5.41, 5.74) is 5.39. The van der Waals surface area contributed by atoms with Crippen LogP contribution in [0.15, 0.2) is 11.6 Å². The maximum Gasteiger partial charge on any atom is 0.244 e. The number of carbonyl (C=O) groups excluding carboxylic acids is 1. The maximum absolute atomic E-state index is 10.7. The summed E-state index contributed by atoms with van der Waals surface area (Å²) >= 11 is 0. The minimum atomic E-state index is -0.627. The van der Waals surface area contributed by atoms with Crippen LogP contribution in [0.4, 0.5) is 0 Å². The van der Waals surface area contributed by atoms with E-state index in [-0.39, 0.29) is 11.3 Å². The second kappa shape index (κ2) is 3.34. The fourth-order valence-electron chi connectivity index (χ4n) is 1.27. The van der Waals surface area contributed by atoms with E-state index in [1.54, 1.807) is 6.08 Å². The molecule has 1 amide bonds. The molecule has 0 spiro atoms. The Morgan fingerprint density at radius 3 is 2.92 bits per heavy atom. The standard InChI is InChI=1S/C7H10N2O3/c8-7(10)5-2-1-3-6(4-5)9(11)12/h2,6H,1,3-4H2,(H2,8,10). The zero-order valence-corrected chi connectivity index (χ0v) is 6.53. The van der Waals surface area contributed by atoms with E-state index in [1.807, 2.05) is 0 Å². The minimum Gasteiger partial charge on any atom is -0.366 e. The van der Waals surface area contributed by atoms with E-state index in [1.165, 1.54) is 0 Å². The second-order valence-electron chi connectivity index (χ2n) is 2.81.